The van der Waals surface area contributed by atoms with Gasteiger partial charge in [-0.2, -0.15) is 5.26 Å². The Kier molecular flexibility index (Phi) is 5.89. The Morgan fingerprint density at radius 2 is 1.97 bits per heavy atom. The normalized spacial score (nSPS) is 11.4. The summed E-state index contributed by atoms with van der Waals surface area (Å²) >= 11 is 0. The second-order valence-corrected chi connectivity index (χ2v) is 6.66. The van der Waals surface area contributed by atoms with Crippen molar-refractivity contribution >= 4 is 22.8 Å². The van der Waals surface area contributed by atoms with Gasteiger partial charge in [0.25, 0.3) is 0 Å². The third kappa shape index (κ3) is 4.09. The quantitative estimate of drug-likeness (QED) is 0.357. The number of hydrogen-bond donors (Lipinski definition) is 1. The lowest BCUT2D eigenvalue weighted by Gasteiger charge is -2.16. The van der Waals surface area contributed by atoms with E-state index in [-0.39, 0.29) is 17.5 Å². The van der Waals surface area contributed by atoms with Gasteiger partial charge in [-0.1, -0.05) is 12.1 Å². The molecule has 1 N–H and O–H groups in total. The van der Waals surface area contributed by atoms with Crippen LogP contribution in [-0.4, -0.2) is 31.1 Å². The predicted octanol–water partition coefficient (Wildman–Crippen LogP) is 4.76. The minimum atomic E-state index is -0.384. The number of para-hydroxylation sites is 1. The molecule has 0 aliphatic rings. The molecule has 0 unspecified atom stereocenters. The van der Waals surface area contributed by atoms with Crippen LogP contribution in [0.1, 0.15) is 29.8 Å². The number of carbonyl (C=O) groups excluding carboxylic acids is 1. The largest absolute Gasteiger partial charge is 0.497 e. The van der Waals surface area contributed by atoms with Gasteiger partial charge in [0.2, 0.25) is 5.78 Å². The summed E-state index contributed by atoms with van der Waals surface area (Å²) in [5.41, 5.74) is 1.79. The van der Waals surface area contributed by atoms with Crippen LogP contribution >= 0.6 is 0 Å². The van der Waals surface area contributed by atoms with E-state index in [0.29, 0.717) is 33.8 Å². The molecule has 0 fully saturated rings. The van der Waals surface area contributed by atoms with Gasteiger partial charge in [-0.25, -0.2) is 0 Å². The smallest absolute Gasteiger partial charge is 0.205 e. The number of H-pyrrole nitrogens is 1. The molecule has 2 aromatic carbocycles. The maximum Gasteiger partial charge on any atom is 0.205 e. The number of rotatable bonds is 7. The van der Waals surface area contributed by atoms with Crippen LogP contribution in [0.3, 0.4) is 0 Å². The van der Waals surface area contributed by atoms with Crippen LogP contribution in [0.15, 0.2) is 48.2 Å². The molecule has 0 spiro atoms. The molecule has 0 atom stereocenters. The van der Waals surface area contributed by atoms with Crippen LogP contribution in [0.25, 0.3) is 17.0 Å². The topological polar surface area (TPSA) is 84.3 Å². The number of carbonyl (C=O) groups is 1. The van der Waals surface area contributed by atoms with Crippen molar-refractivity contribution in [2.45, 2.75) is 20.0 Å². The van der Waals surface area contributed by atoms with Gasteiger partial charge in [0.15, 0.2) is 11.5 Å². The van der Waals surface area contributed by atoms with E-state index in [1.807, 2.05) is 26.0 Å². The summed E-state index contributed by atoms with van der Waals surface area (Å²) in [7, 11) is 3.11. The Morgan fingerprint density at radius 3 is 2.62 bits per heavy atom. The number of ketones is 1. The van der Waals surface area contributed by atoms with Crippen molar-refractivity contribution in [2.24, 2.45) is 0 Å². The maximum absolute atomic E-state index is 13.1. The molecule has 0 aliphatic heterocycles. The molecule has 6 heteroatoms. The molecule has 6 nitrogen and oxygen atoms in total. The predicted molar refractivity (Wildman–Crippen MR) is 112 cm³/mol. The summed E-state index contributed by atoms with van der Waals surface area (Å²) in [6, 6.07) is 12.8. The minimum Gasteiger partial charge on any atom is -0.497 e. The molecule has 0 saturated heterocycles. The van der Waals surface area contributed by atoms with E-state index < -0.39 is 0 Å². The van der Waals surface area contributed by atoms with Crippen molar-refractivity contribution < 1.29 is 19.0 Å². The summed E-state index contributed by atoms with van der Waals surface area (Å²) in [6.45, 7) is 3.80. The van der Waals surface area contributed by atoms with Gasteiger partial charge in [0, 0.05) is 28.2 Å². The first kappa shape index (κ1) is 20.0. The first-order chi connectivity index (χ1) is 14.0. The van der Waals surface area contributed by atoms with E-state index in [9.17, 15) is 10.1 Å². The van der Waals surface area contributed by atoms with Gasteiger partial charge >= 0.3 is 0 Å². The average molecular weight is 390 g/mol. The third-order valence-electron chi connectivity index (χ3n) is 4.38. The Hall–Kier alpha value is -3.72. The lowest BCUT2D eigenvalue weighted by Crippen LogP contribution is -2.08. The van der Waals surface area contributed by atoms with Crippen molar-refractivity contribution in [3.05, 3.63) is 59.3 Å². The van der Waals surface area contributed by atoms with E-state index in [0.717, 1.165) is 5.52 Å². The van der Waals surface area contributed by atoms with E-state index >= 15 is 0 Å². The number of ether oxygens (including phenoxy) is 3. The van der Waals surface area contributed by atoms with Crippen LogP contribution in [0.4, 0.5) is 0 Å². The van der Waals surface area contributed by atoms with E-state index in [4.69, 9.17) is 14.2 Å². The number of nitrogens with one attached hydrogen (secondary N) is 1. The summed E-state index contributed by atoms with van der Waals surface area (Å²) in [4.78, 5) is 16.2. The number of Topliss-reactive ketones (excluding diaryl/α,β-unsaturated/α-hetero) is 1. The summed E-state index contributed by atoms with van der Waals surface area (Å²) in [5, 5.41) is 10.4. The number of aromatic amines is 1. The molecular formula is C23H22N2O4. The molecule has 3 rings (SSSR count). The second kappa shape index (κ2) is 8.53. The lowest BCUT2D eigenvalue weighted by molar-refractivity contribution is 0.104. The molecule has 0 radical (unpaired) electrons. The van der Waals surface area contributed by atoms with Crippen molar-refractivity contribution in [3.8, 4) is 23.3 Å². The summed E-state index contributed by atoms with van der Waals surface area (Å²) in [6.07, 6.45) is 3.04. The second-order valence-electron chi connectivity index (χ2n) is 6.66. The zero-order valence-electron chi connectivity index (χ0n) is 16.8. The molecule has 29 heavy (non-hydrogen) atoms. The minimum absolute atomic E-state index is 0.00409. The molecule has 1 heterocycles. The Balaban J connectivity index is 2.08. The van der Waals surface area contributed by atoms with Gasteiger partial charge in [0.1, 0.15) is 17.4 Å². The standard InChI is InChI=1S/C23H22N2O4/c1-14(2)29-23-15(6-5-7-21(23)28-4)10-16(12-24)22(26)19-13-25-20-9-8-17(27-3)11-18(19)20/h5-11,13-14,25H,1-4H3/b16-10+. The number of nitrogens with zero attached hydrogens (tertiary/aromatic N) is 1. The van der Waals surface area contributed by atoms with Crippen LogP contribution in [-0.2, 0) is 0 Å². The first-order valence-electron chi connectivity index (χ1n) is 9.13. The van der Waals surface area contributed by atoms with Crippen LogP contribution in [0.5, 0.6) is 17.2 Å². The average Bonchev–Trinajstić information content (AvgIpc) is 3.15. The van der Waals surface area contributed by atoms with Gasteiger partial charge in [-0.05, 0) is 44.2 Å². The first-order valence-corrected chi connectivity index (χ1v) is 9.13. The monoisotopic (exact) mass is 390 g/mol. The van der Waals surface area contributed by atoms with Crippen LogP contribution in [0, 0.1) is 11.3 Å². The Morgan fingerprint density at radius 1 is 1.17 bits per heavy atom. The fraction of sp³-hybridized carbons (Fsp3) is 0.217. The zero-order valence-corrected chi connectivity index (χ0v) is 16.8. The van der Waals surface area contributed by atoms with Crippen molar-refractivity contribution in [1.29, 1.82) is 5.26 Å². The number of fused-ring (bicyclic) bond motifs is 1. The lowest BCUT2D eigenvalue weighted by atomic mass is 10.0. The molecule has 0 bridgehead atoms. The number of hydrogen-bond acceptors (Lipinski definition) is 5. The third-order valence-corrected chi connectivity index (χ3v) is 4.38. The maximum atomic E-state index is 13.1. The van der Waals surface area contributed by atoms with Gasteiger partial charge < -0.3 is 19.2 Å². The van der Waals surface area contributed by atoms with Crippen molar-refractivity contribution in [3.63, 3.8) is 0 Å². The number of methoxy groups -OCH3 is 2. The Bertz CT molecular complexity index is 1120. The van der Waals surface area contributed by atoms with Gasteiger partial charge in [-0.15, -0.1) is 0 Å². The Labute approximate surface area is 169 Å². The molecular weight excluding hydrogens is 368 g/mol. The van der Waals surface area contributed by atoms with E-state index in [1.54, 1.807) is 50.7 Å². The summed E-state index contributed by atoms with van der Waals surface area (Å²) in [5.74, 6) is 1.28. The molecule has 0 saturated carbocycles. The van der Waals surface area contributed by atoms with Gasteiger partial charge in [-0.3, -0.25) is 4.79 Å². The molecule has 1 aromatic heterocycles. The van der Waals surface area contributed by atoms with E-state index in [1.165, 1.54) is 6.08 Å². The van der Waals surface area contributed by atoms with Crippen LogP contribution in [0.2, 0.25) is 0 Å². The van der Waals surface area contributed by atoms with Crippen molar-refractivity contribution in [1.82, 2.24) is 4.98 Å². The molecule has 0 aliphatic carbocycles. The van der Waals surface area contributed by atoms with Crippen molar-refractivity contribution in [2.75, 3.05) is 14.2 Å². The number of aromatic nitrogens is 1. The highest BCUT2D eigenvalue weighted by Crippen LogP contribution is 2.34. The highest BCUT2D eigenvalue weighted by Gasteiger charge is 2.19. The molecule has 0 amide bonds. The number of nitriles is 1. The SMILES string of the molecule is COc1ccc2[nH]cc(C(=O)/C(C#N)=C/c3cccc(OC)c3OC(C)C)c2c1. The molecule has 148 valence electrons. The fourth-order valence-electron chi connectivity index (χ4n) is 3.03. The fourth-order valence-corrected chi connectivity index (χ4v) is 3.03. The zero-order chi connectivity index (χ0) is 21.0. The highest BCUT2D eigenvalue weighted by atomic mass is 16.5. The number of allylic oxidation sites excluding steroid dienone is 1. The highest BCUT2D eigenvalue weighted by molar-refractivity contribution is 6.20. The van der Waals surface area contributed by atoms with Gasteiger partial charge in [0.05, 0.1) is 20.3 Å². The summed E-state index contributed by atoms with van der Waals surface area (Å²) < 4.78 is 16.5. The number of benzene rings is 2. The molecule has 3 aromatic rings. The van der Waals surface area contributed by atoms with E-state index in [2.05, 4.69) is 4.98 Å². The van der Waals surface area contributed by atoms with Crippen LogP contribution < -0.4 is 14.2 Å².